The molecule has 0 aromatic heterocycles. The zero-order chi connectivity index (χ0) is 20.8. The molecule has 0 spiro atoms. The molecular weight excluding hydrogens is 378 g/mol. The Morgan fingerprint density at radius 1 is 0.839 bits per heavy atom. The Hall–Kier alpha value is -2.87. The van der Waals surface area contributed by atoms with Gasteiger partial charge in [-0.1, -0.05) is 60.8 Å². The second kappa shape index (κ2) is 7.67. The van der Waals surface area contributed by atoms with E-state index in [2.05, 4.69) is 66.8 Å². The van der Waals surface area contributed by atoms with Crippen molar-refractivity contribution in [2.45, 2.75) is 44.6 Å². The van der Waals surface area contributed by atoms with Crippen LogP contribution in [-0.2, 0) is 4.74 Å². The van der Waals surface area contributed by atoms with Crippen molar-refractivity contribution in [3.63, 3.8) is 0 Å². The van der Waals surface area contributed by atoms with E-state index < -0.39 is 0 Å². The van der Waals surface area contributed by atoms with Crippen molar-refractivity contribution < 1.29 is 4.74 Å². The summed E-state index contributed by atoms with van der Waals surface area (Å²) in [7, 11) is 0. The Kier molecular flexibility index (Phi) is 4.67. The molecule has 0 radical (unpaired) electrons. The molecule has 0 amide bonds. The molecule has 0 aromatic carbocycles. The Morgan fingerprint density at radius 2 is 1.65 bits per heavy atom. The van der Waals surface area contributed by atoms with Crippen molar-refractivity contribution in [1.29, 1.82) is 5.41 Å². The van der Waals surface area contributed by atoms with Gasteiger partial charge in [0.2, 0.25) is 0 Å². The number of hydrogen-bond acceptors (Lipinski definition) is 2. The van der Waals surface area contributed by atoms with E-state index in [1.807, 2.05) is 0 Å². The minimum absolute atomic E-state index is 0.318. The molecule has 156 valence electrons. The average molecular weight is 408 g/mol. The highest BCUT2D eigenvalue weighted by Crippen LogP contribution is 2.51. The van der Waals surface area contributed by atoms with Gasteiger partial charge >= 0.3 is 0 Å². The first-order valence-electron chi connectivity index (χ1n) is 11.8. The monoisotopic (exact) mass is 407 g/mol. The molecule has 1 aliphatic heterocycles. The van der Waals surface area contributed by atoms with Crippen LogP contribution in [0.25, 0.3) is 0 Å². The first-order valence-corrected chi connectivity index (χ1v) is 11.8. The summed E-state index contributed by atoms with van der Waals surface area (Å²) in [6, 6.07) is 0. The van der Waals surface area contributed by atoms with E-state index in [1.54, 1.807) is 0 Å². The van der Waals surface area contributed by atoms with E-state index in [-0.39, 0.29) is 0 Å². The second-order valence-corrected chi connectivity index (χ2v) is 9.36. The molecule has 31 heavy (non-hydrogen) atoms. The summed E-state index contributed by atoms with van der Waals surface area (Å²) in [6.07, 6.45) is 33.9. The molecule has 1 N–H and O–H groups in total. The minimum Gasteiger partial charge on any atom is -0.493 e. The number of nitrogens with one attached hydrogen (secondary N) is 1. The zero-order valence-corrected chi connectivity index (χ0v) is 17.9. The highest BCUT2D eigenvalue weighted by Gasteiger charge is 2.43. The summed E-state index contributed by atoms with van der Waals surface area (Å²) in [5.41, 5.74) is 8.10. The molecule has 0 saturated carbocycles. The fraction of sp³-hybridized carbons (Fsp3) is 0.345. The van der Waals surface area contributed by atoms with E-state index in [9.17, 15) is 0 Å². The largest absolute Gasteiger partial charge is 0.493 e. The van der Waals surface area contributed by atoms with Crippen molar-refractivity contribution >= 4 is 6.21 Å². The van der Waals surface area contributed by atoms with Crippen LogP contribution in [-0.4, -0.2) is 12.3 Å². The summed E-state index contributed by atoms with van der Waals surface area (Å²) in [5, 5.41) is 7.64. The Balaban J connectivity index is 1.40. The van der Waals surface area contributed by atoms with Crippen molar-refractivity contribution in [2.75, 3.05) is 0 Å². The molecule has 4 unspecified atom stereocenters. The molecule has 0 fully saturated rings. The van der Waals surface area contributed by atoms with Gasteiger partial charge in [0.1, 0.15) is 11.9 Å². The molecule has 2 nitrogen and oxygen atoms in total. The third kappa shape index (κ3) is 3.20. The predicted molar refractivity (Wildman–Crippen MR) is 127 cm³/mol. The van der Waals surface area contributed by atoms with E-state index >= 15 is 0 Å². The molecule has 5 aliphatic carbocycles. The van der Waals surface area contributed by atoms with Crippen LogP contribution < -0.4 is 0 Å². The molecule has 0 aromatic rings. The lowest BCUT2D eigenvalue weighted by atomic mass is 9.70. The molecular formula is C29H29NO. The summed E-state index contributed by atoms with van der Waals surface area (Å²) in [4.78, 5) is 0. The lowest BCUT2D eigenvalue weighted by molar-refractivity contribution is 0.0963. The summed E-state index contributed by atoms with van der Waals surface area (Å²) in [5.74, 6) is 2.33. The van der Waals surface area contributed by atoms with E-state index in [4.69, 9.17) is 10.1 Å². The van der Waals surface area contributed by atoms with Crippen molar-refractivity contribution in [3.8, 4) is 0 Å². The van der Waals surface area contributed by atoms with Gasteiger partial charge in [-0.15, -0.1) is 0 Å². The lowest BCUT2D eigenvalue weighted by Crippen LogP contribution is -2.23. The number of rotatable bonds is 3. The summed E-state index contributed by atoms with van der Waals surface area (Å²) >= 11 is 0. The highest BCUT2D eigenvalue weighted by atomic mass is 16.5. The third-order valence-electron chi connectivity index (χ3n) is 7.53. The predicted octanol–water partition coefficient (Wildman–Crippen LogP) is 6.85. The fourth-order valence-corrected chi connectivity index (χ4v) is 5.97. The second-order valence-electron chi connectivity index (χ2n) is 9.36. The number of ether oxygens (including phenoxy) is 1. The maximum Gasteiger partial charge on any atom is 0.109 e. The van der Waals surface area contributed by atoms with Gasteiger partial charge in [0, 0.05) is 29.5 Å². The SMILES string of the molecule is N=CC1=CC(C2=CCCC(C3=CC4=C(OC5CCC=CC45)C4C=CC=CC34)=C2)=CCC1. The lowest BCUT2D eigenvalue weighted by Gasteiger charge is -2.33. The van der Waals surface area contributed by atoms with Gasteiger partial charge in [-0.25, -0.2) is 0 Å². The van der Waals surface area contributed by atoms with Crippen molar-refractivity contribution in [2.24, 2.45) is 17.8 Å². The fourth-order valence-electron chi connectivity index (χ4n) is 5.97. The maximum atomic E-state index is 7.64. The third-order valence-corrected chi connectivity index (χ3v) is 7.53. The summed E-state index contributed by atoms with van der Waals surface area (Å²) in [6.45, 7) is 0. The van der Waals surface area contributed by atoms with Crippen LogP contribution >= 0.6 is 0 Å². The van der Waals surface area contributed by atoms with Crippen LogP contribution in [0, 0.1) is 23.2 Å². The first-order chi connectivity index (χ1) is 15.3. The minimum atomic E-state index is 0.318. The molecule has 4 atom stereocenters. The Labute approximate surface area is 185 Å². The number of hydrogen-bond donors (Lipinski definition) is 1. The van der Waals surface area contributed by atoms with Crippen LogP contribution in [0.5, 0.6) is 0 Å². The maximum absolute atomic E-state index is 7.64. The van der Waals surface area contributed by atoms with Crippen LogP contribution in [0.2, 0.25) is 0 Å². The molecule has 6 rings (SSSR count). The van der Waals surface area contributed by atoms with Gasteiger partial charge in [0.15, 0.2) is 0 Å². The van der Waals surface area contributed by atoms with Crippen LogP contribution in [0.4, 0.5) is 0 Å². The highest BCUT2D eigenvalue weighted by molar-refractivity contribution is 5.78. The Morgan fingerprint density at radius 3 is 2.52 bits per heavy atom. The van der Waals surface area contributed by atoms with Gasteiger partial charge in [0.05, 0.1) is 0 Å². The van der Waals surface area contributed by atoms with Gasteiger partial charge in [-0.3, -0.25) is 0 Å². The van der Waals surface area contributed by atoms with Crippen molar-refractivity contribution in [3.05, 3.63) is 106 Å². The molecule has 1 heterocycles. The quantitative estimate of drug-likeness (QED) is 0.403. The average Bonchev–Trinajstić information content (AvgIpc) is 3.22. The zero-order valence-electron chi connectivity index (χ0n) is 17.9. The Bertz CT molecular complexity index is 1100. The van der Waals surface area contributed by atoms with Crippen LogP contribution in [0.1, 0.15) is 38.5 Å². The number of allylic oxidation sites excluding steroid dienone is 15. The molecule has 0 saturated heterocycles. The molecule has 0 bridgehead atoms. The van der Waals surface area contributed by atoms with E-state index in [0.717, 1.165) is 44.1 Å². The van der Waals surface area contributed by atoms with Gasteiger partial charge in [-0.2, -0.15) is 0 Å². The van der Waals surface area contributed by atoms with Crippen LogP contribution in [0.3, 0.4) is 0 Å². The van der Waals surface area contributed by atoms with Gasteiger partial charge in [-0.05, 0) is 72.5 Å². The standard InChI is InChI=1S/C29H29NO/c30-18-19-7-5-8-20(15-19)21-9-6-10-22(16-21)26-17-27-24-12-3-4-14-28(24)31-29(27)25-13-2-1-11-23(25)26/h1-3,8-9,11-13,15-18,23-25,28,30H,4-7,10,14H2. The molecule has 2 heteroatoms. The van der Waals surface area contributed by atoms with Crippen LogP contribution in [0.15, 0.2) is 106 Å². The van der Waals surface area contributed by atoms with E-state index in [0.29, 0.717) is 23.9 Å². The van der Waals surface area contributed by atoms with Gasteiger partial charge in [0.25, 0.3) is 0 Å². The normalized spacial score (nSPS) is 33.2. The number of fused-ring (bicyclic) bond motifs is 4. The summed E-state index contributed by atoms with van der Waals surface area (Å²) < 4.78 is 6.54. The van der Waals surface area contributed by atoms with Gasteiger partial charge < -0.3 is 10.1 Å². The smallest absolute Gasteiger partial charge is 0.109 e. The van der Waals surface area contributed by atoms with E-state index in [1.165, 1.54) is 39.8 Å². The topological polar surface area (TPSA) is 33.1 Å². The molecule has 6 aliphatic rings. The van der Waals surface area contributed by atoms with Crippen molar-refractivity contribution in [1.82, 2.24) is 0 Å². The first kappa shape index (κ1) is 18.9.